The highest BCUT2D eigenvalue weighted by molar-refractivity contribution is 6.14. The molecule has 0 amide bonds. The lowest BCUT2D eigenvalue weighted by Crippen LogP contribution is -2.35. The van der Waals surface area contributed by atoms with E-state index >= 15 is 0 Å². The summed E-state index contributed by atoms with van der Waals surface area (Å²) < 4.78 is 9.56. The predicted molar refractivity (Wildman–Crippen MR) is 120 cm³/mol. The third-order valence-electron chi connectivity index (χ3n) is 5.94. The molecule has 4 heteroatoms. The van der Waals surface area contributed by atoms with Crippen LogP contribution in [0.4, 0.5) is 0 Å². The molecule has 2 aromatic heterocycles. The third kappa shape index (κ3) is 2.28. The van der Waals surface area contributed by atoms with Crippen LogP contribution in [0.3, 0.4) is 0 Å². The number of rotatable bonds is 3. The van der Waals surface area contributed by atoms with E-state index in [9.17, 15) is 4.79 Å². The van der Waals surface area contributed by atoms with E-state index in [1.54, 1.807) is 7.11 Å². The van der Waals surface area contributed by atoms with Crippen molar-refractivity contribution in [2.45, 2.75) is 6.54 Å². The van der Waals surface area contributed by atoms with E-state index in [1.807, 2.05) is 52.9 Å². The van der Waals surface area contributed by atoms with Gasteiger partial charge in [0.1, 0.15) is 12.3 Å². The molecule has 6 rings (SSSR count). The van der Waals surface area contributed by atoms with Crippen molar-refractivity contribution < 1.29 is 9.30 Å². The van der Waals surface area contributed by atoms with Gasteiger partial charge in [-0.15, -0.1) is 0 Å². The van der Waals surface area contributed by atoms with Crippen molar-refractivity contribution in [2.24, 2.45) is 0 Å². The second-order valence-corrected chi connectivity index (χ2v) is 7.60. The largest absolute Gasteiger partial charge is 0.497 e. The first-order valence-electron chi connectivity index (χ1n) is 9.99. The molecule has 0 saturated carbocycles. The van der Waals surface area contributed by atoms with Gasteiger partial charge in [-0.2, -0.15) is 4.40 Å². The number of methoxy groups -OCH3 is 1. The van der Waals surface area contributed by atoms with Crippen molar-refractivity contribution in [3.05, 3.63) is 101 Å². The Labute approximate surface area is 172 Å². The van der Waals surface area contributed by atoms with Crippen LogP contribution >= 0.6 is 0 Å². The molecule has 30 heavy (non-hydrogen) atoms. The average molecular weight is 391 g/mol. The number of fused-ring (bicyclic) bond motifs is 4. The van der Waals surface area contributed by atoms with Gasteiger partial charge >= 0.3 is 5.56 Å². The summed E-state index contributed by atoms with van der Waals surface area (Å²) in [5, 5.41) is 3.92. The molecule has 0 radical (unpaired) electrons. The molecule has 0 unspecified atom stereocenters. The van der Waals surface area contributed by atoms with E-state index < -0.39 is 0 Å². The molecule has 0 N–H and O–H groups in total. The molecule has 0 aliphatic heterocycles. The molecular weight excluding hydrogens is 372 g/mol. The Morgan fingerprint density at radius 3 is 2.40 bits per heavy atom. The van der Waals surface area contributed by atoms with Crippen LogP contribution in [0.15, 0.2) is 89.7 Å². The molecule has 0 aliphatic carbocycles. The van der Waals surface area contributed by atoms with Crippen LogP contribution < -0.4 is 14.9 Å². The Morgan fingerprint density at radius 1 is 0.867 bits per heavy atom. The van der Waals surface area contributed by atoms with Crippen LogP contribution in [0.2, 0.25) is 0 Å². The maximum absolute atomic E-state index is 13.7. The normalized spacial score (nSPS) is 11.8. The molecule has 0 saturated heterocycles. The summed E-state index contributed by atoms with van der Waals surface area (Å²) in [6.45, 7) is 0.678. The van der Waals surface area contributed by atoms with Crippen molar-refractivity contribution in [1.29, 1.82) is 0 Å². The molecule has 6 aromatic rings. The van der Waals surface area contributed by atoms with Gasteiger partial charge in [-0.25, -0.2) is 9.36 Å². The lowest BCUT2D eigenvalue weighted by atomic mass is 10.0. The van der Waals surface area contributed by atoms with Crippen molar-refractivity contribution in [3.8, 4) is 5.75 Å². The van der Waals surface area contributed by atoms with Crippen LogP contribution in [0.25, 0.3) is 38.2 Å². The van der Waals surface area contributed by atoms with Crippen LogP contribution in [0.1, 0.15) is 5.56 Å². The Kier molecular flexibility index (Phi) is 3.56. The highest BCUT2D eigenvalue weighted by Crippen LogP contribution is 2.30. The topological polar surface area (TPSA) is 34.6 Å². The molecule has 0 spiro atoms. The second kappa shape index (κ2) is 6.29. The van der Waals surface area contributed by atoms with Crippen molar-refractivity contribution >= 4 is 38.2 Å². The Balaban J connectivity index is 1.87. The summed E-state index contributed by atoms with van der Waals surface area (Å²) in [7, 11) is 1.65. The van der Waals surface area contributed by atoms with Crippen molar-refractivity contribution in [2.75, 3.05) is 7.11 Å². The van der Waals surface area contributed by atoms with Crippen molar-refractivity contribution in [3.63, 3.8) is 0 Å². The van der Waals surface area contributed by atoms with Crippen LogP contribution in [-0.2, 0) is 6.54 Å². The van der Waals surface area contributed by atoms with Gasteiger partial charge in [0.2, 0.25) is 0 Å². The molecule has 0 fully saturated rings. The van der Waals surface area contributed by atoms with Gasteiger partial charge in [-0.05, 0) is 35.2 Å². The second-order valence-electron chi connectivity index (χ2n) is 7.60. The maximum Gasteiger partial charge on any atom is 0.347 e. The van der Waals surface area contributed by atoms with Gasteiger partial charge in [0.15, 0.2) is 11.0 Å². The molecular formula is C26H19N2O2+. The van der Waals surface area contributed by atoms with Gasteiger partial charge in [-0.1, -0.05) is 54.6 Å². The van der Waals surface area contributed by atoms with Gasteiger partial charge < -0.3 is 4.74 Å². The van der Waals surface area contributed by atoms with E-state index in [0.717, 1.165) is 44.0 Å². The molecule has 0 atom stereocenters. The first-order chi connectivity index (χ1) is 14.8. The SMILES string of the molecule is COc1ccc2c(c1)n1c(=O)c3cccc4cccc(c43)c1[n+]2Cc1ccccc1. The Bertz CT molecular complexity index is 1610. The number of aromatic nitrogens is 2. The minimum atomic E-state index is -0.000588. The summed E-state index contributed by atoms with van der Waals surface area (Å²) in [5.74, 6) is 0.736. The average Bonchev–Trinajstić information content (AvgIpc) is 3.11. The number of hydrogen-bond donors (Lipinski definition) is 0. The summed E-state index contributed by atoms with van der Waals surface area (Å²) in [6, 6.07) is 28.5. The molecule has 0 aliphatic rings. The Hall–Kier alpha value is -3.92. The van der Waals surface area contributed by atoms with Gasteiger partial charge in [0.05, 0.1) is 17.9 Å². The van der Waals surface area contributed by atoms with E-state index in [1.165, 1.54) is 5.56 Å². The number of benzene rings is 4. The monoisotopic (exact) mass is 391 g/mol. The smallest absolute Gasteiger partial charge is 0.347 e. The summed E-state index contributed by atoms with van der Waals surface area (Å²) in [6.07, 6.45) is 0. The fourth-order valence-corrected chi connectivity index (χ4v) is 4.61. The minimum absolute atomic E-state index is 0.000588. The molecule has 2 heterocycles. The van der Waals surface area contributed by atoms with Crippen molar-refractivity contribution in [1.82, 2.24) is 4.40 Å². The molecule has 4 aromatic carbocycles. The van der Waals surface area contributed by atoms with Gasteiger partial charge in [0.25, 0.3) is 5.65 Å². The van der Waals surface area contributed by atoms with E-state index in [-0.39, 0.29) is 5.56 Å². The summed E-state index contributed by atoms with van der Waals surface area (Å²) >= 11 is 0. The lowest BCUT2D eigenvalue weighted by Gasteiger charge is -2.05. The summed E-state index contributed by atoms with van der Waals surface area (Å²) in [4.78, 5) is 13.7. The predicted octanol–water partition coefficient (Wildman–Crippen LogP) is 4.54. The Morgan fingerprint density at radius 2 is 1.63 bits per heavy atom. The van der Waals surface area contributed by atoms with Gasteiger partial charge in [0, 0.05) is 11.5 Å². The fourth-order valence-electron chi connectivity index (χ4n) is 4.61. The number of ether oxygens (including phenoxy) is 1. The van der Waals surface area contributed by atoms with E-state index in [2.05, 4.69) is 41.0 Å². The maximum atomic E-state index is 13.7. The first-order valence-corrected chi connectivity index (χ1v) is 9.99. The lowest BCUT2D eigenvalue weighted by molar-refractivity contribution is -0.635. The molecule has 144 valence electrons. The summed E-state index contributed by atoms with van der Waals surface area (Å²) in [5.41, 5.74) is 3.97. The van der Waals surface area contributed by atoms with E-state index in [4.69, 9.17) is 4.74 Å². The third-order valence-corrected chi connectivity index (χ3v) is 5.94. The molecule has 0 bridgehead atoms. The van der Waals surface area contributed by atoms with Crippen LogP contribution in [-0.4, -0.2) is 11.5 Å². The zero-order valence-corrected chi connectivity index (χ0v) is 16.5. The fraction of sp³-hybridized carbons (Fsp3) is 0.0769. The quantitative estimate of drug-likeness (QED) is 0.415. The highest BCUT2D eigenvalue weighted by atomic mass is 16.5. The number of pyridine rings is 1. The number of nitrogens with zero attached hydrogens (tertiary/aromatic N) is 2. The van der Waals surface area contributed by atoms with Crippen LogP contribution in [0.5, 0.6) is 5.75 Å². The van der Waals surface area contributed by atoms with E-state index in [0.29, 0.717) is 6.54 Å². The number of hydrogen-bond acceptors (Lipinski definition) is 2. The zero-order chi connectivity index (χ0) is 20.2. The standard InChI is InChI=1S/C26H19N2O2/c1-30-19-13-14-22-23(15-19)28-25(27(22)16-17-7-3-2-4-8-17)20-11-5-9-18-10-6-12-21(24(18)20)26(28)29/h2-15H,16H2,1H3/q+1. The molecule has 4 nitrogen and oxygen atoms in total. The minimum Gasteiger partial charge on any atom is -0.497 e. The van der Waals surface area contributed by atoms with Crippen LogP contribution in [0, 0.1) is 0 Å². The van der Waals surface area contributed by atoms with Gasteiger partial charge in [-0.3, -0.25) is 0 Å². The number of imidazole rings is 1. The first kappa shape index (κ1) is 17.0. The zero-order valence-electron chi connectivity index (χ0n) is 16.5. The highest BCUT2D eigenvalue weighted by Gasteiger charge is 2.27.